The molecule has 1 N–H and O–H groups in total. The van der Waals surface area contributed by atoms with Crippen molar-refractivity contribution in [3.8, 4) is 39.7 Å². The maximum atomic E-state index is 13.7. The molecule has 0 radical (unpaired) electrons. The lowest BCUT2D eigenvalue weighted by molar-refractivity contribution is -0.139. The van der Waals surface area contributed by atoms with Crippen LogP contribution in [-0.4, -0.2) is 126 Å². The van der Waals surface area contributed by atoms with Crippen LogP contribution in [0.5, 0.6) is 17.2 Å². The van der Waals surface area contributed by atoms with Gasteiger partial charge in [0.15, 0.2) is 6.61 Å². The van der Waals surface area contributed by atoms with Gasteiger partial charge in [0.25, 0.3) is 5.91 Å². The maximum Gasteiger partial charge on any atom is 0.325 e. The number of ether oxygens (including phenoxy) is 6. The molecule has 0 saturated heterocycles. The summed E-state index contributed by atoms with van der Waals surface area (Å²) in [6.07, 6.45) is 20.5. The molecule has 0 atom stereocenters. The zero-order valence-electron chi connectivity index (χ0n) is 47.6. The van der Waals surface area contributed by atoms with Gasteiger partial charge in [0, 0.05) is 79.7 Å². The molecule has 3 aromatic carbocycles. The van der Waals surface area contributed by atoms with Crippen LogP contribution >= 0.6 is 0 Å². The largest absolute Gasteiger partial charge is 0.488 e. The summed E-state index contributed by atoms with van der Waals surface area (Å²) in [6, 6.07) is 21.8. The summed E-state index contributed by atoms with van der Waals surface area (Å²) >= 11 is 0. The Morgan fingerprint density at radius 2 is 1.23 bits per heavy atom. The third-order valence-electron chi connectivity index (χ3n) is 14.3. The van der Waals surface area contributed by atoms with Crippen LogP contribution < -0.4 is 44.2 Å². The first-order valence-electron chi connectivity index (χ1n) is 28.2. The molecule has 2 aliphatic heterocycles. The van der Waals surface area contributed by atoms with E-state index in [0.29, 0.717) is 58.6 Å². The first kappa shape index (κ1) is 59.8. The highest BCUT2D eigenvalue weighted by Gasteiger charge is 2.27. The van der Waals surface area contributed by atoms with Crippen molar-refractivity contribution in [2.24, 2.45) is 0 Å². The predicted molar refractivity (Wildman–Crippen MR) is 309 cm³/mol. The molecule has 3 aliphatic rings. The Morgan fingerprint density at radius 3 is 1.82 bits per heavy atom. The monoisotopic (exact) mass is 1060 g/mol. The molecule has 2 heterocycles. The van der Waals surface area contributed by atoms with Crippen molar-refractivity contribution in [2.45, 2.75) is 117 Å². The van der Waals surface area contributed by atoms with E-state index in [-0.39, 0.29) is 58.6 Å². The van der Waals surface area contributed by atoms with Gasteiger partial charge in [-0.2, -0.15) is 0 Å². The van der Waals surface area contributed by atoms with Crippen LogP contribution in [0, 0.1) is 6.92 Å². The van der Waals surface area contributed by atoms with Gasteiger partial charge in [0.2, 0.25) is 5.36 Å². The number of amides is 1. The minimum Gasteiger partial charge on any atom is -0.488 e. The summed E-state index contributed by atoms with van der Waals surface area (Å²) in [5.41, 5.74) is 6.14. The van der Waals surface area contributed by atoms with E-state index in [4.69, 9.17) is 32.8 Å². The smallest absolute Gasteiger partial charge is 0.325 e. The lowest BCUT2D eigenvalue weighted by Crippen LogP contribution is -2.36. The topological polar surface area (TPSA) is 144 Å². The molecule has 77 heavy (non-hydrogen) atoms. The van der Waals surface area contributed by atoms with Gasteiger partial charge in [0.05, 0.1) is 44.9 Å². The Balaban J connectivity index is 1.28. The number of unbranched alkanes of at least 4 members (excludes halogenated alkanes) is 15. The van der Waals surface area contributed by atoms with Crippen LogP contribution in [0.2, 0.25) is 0 Å². The second kappa shape index (κ2) is 31.7. The molecule has 1 aliphatic carbocycles. The predicted octanol–water partition coefficient (Wildman–Crippen LogP) is 10.8. The molecule has 1 amide bonds. The van der Waals surface area contributed by atoms with Gasteiger partial charge in [-0.1, -0.05) is 109 Å². The summed E-state index contributed by atoms with van der Waals surface area (Å²) in [6.45, 7) is 5.73. The summed E-state index contributed by atoms with van der Waals surface area (Å²) in [4.78, 5) is 45.4. The molecule has 0 saturated carbocycles. The molecular formula is C62H88N5O10+. The van der Waals surface area contributed by atoms with Crippen LogP contribution in [0.4, 0.5) is 17.1 Å². The molecule has 15 heteroatoms. The summed E-state index contributed by atoms with van der Waals surface area (Å²) in [5.74, 6) is 0.976. The standard InChI is InChI=1S/C62H87N5O10/c1-9-10-11-12-13-14-15-16-17-18-19-20-21-22-23-24-31-63-59(68)45-76-54-42-53-58(41-51(54)62-49-28-26-47(64(3)4)39-55(49)77-56-40-48(65(5)6)27-29-50(56)62)75-37-36-74-57-38-46(2)25-30-52(57)66(43-60(69)71-7)32-34-73-35-33-67(53)44-61(70)72-8/h25-30,38-42H,9-24,31-37,43-45H2,1-8H3/p+1. The van der Waals surface area contributed by atoms with Gasteiger partial charge in [0.1, 0.15) is 69.0 Å². The molecule has 0 aromatic heterocycles. The second-order valence-electron chi connectivity index (χ2n) is 20.7. The average Bonchev–Trinajstić information content (AvgIpc) is 3.45. The second-order valence-corrected chi connectivity index (χ2v) is 20.7. The molecule has 0 unspecified atom stereocenters. The average molecular weight is 1060 g/mol. The molecular weight excluding hydrogens is 975 g/mol. The van der Waals surface area contributed by atoms with Gasteiger partial charge < -0.3 is 52.9 Å². The number of benzene rings is 4. The Morgan fingerprint density at radius 1 is 0.649 bits per heavy atom. The number of carbonyl (C=O) groups excluding carboxylic acids is 3. The van der Waals surface area contributed by atoms with Gasteiger partial charge in [-0.25, -0.2) is 4.58 Å². The fourth-order valence-electron chi connectivity index (χ4n) is 9.80. The third kappa shape index (κ3) is 18.3. The Bertz CT molecular complexity index is 2700. The molecule has 0 spiro atoms. The minimum absolute atomic E-state index is 0.0121. The van der Waals surface area contributed by atoms with Crippen molar-refractivity contribution < 1.29 is 47.2 Å². The lowest BCUT2D eigenvalue weighted by atomic mass is 9.92. The molecule has 3 aromatic rings. The number of nitrogens with one attached hydrogen (secondary N) is 1. The number of nitrogens with zero attached hydrogens (tertiary/aromatic N) is 4. The van der Waals surface area contributed by atoms with E-state index in [1.165, 1.54) is 97.7 Å². The number of hydrogen-bond donors (Lipinski definition) is 1. The molecule has 0 bridgehead atoms. The molecule has 0 fully saturated rings. The van der Waals surface area contributed by atoms with Crippen LogP contribution in [-0.2, 0) is 28.6 Å². The number of methoxy groups -OCH3 is 2. The SMILES string of the molecule is CCCCCCCCCCCCCCCCCCNC(=O)COc1cc2c(cc1-c1c3ccc(=[N+](C)C)cc-3oc3cc(N(C)C)ccc13)OCCOc1cc(C)ccc1N(CC(=O)OC)CCOCCN2CC(=O)OC. The normalized spacial score (nSPS) is 13.1. The number of carbonyl (C=O) groups is 3. The lowest BCUT2D eigenvalue weighted by Gasteiger charge is -2.28. The van der Waals surface area contributed by atoms with Gasteiger partial charge in [-0.15, -0.1) is 0 Å². The van der Waals surface area contributed by atoms with Gasteiger partial charge >= 0.3 is 11.9 Å². The van der Waals surface area contributed by atoms with Crippen molar-refractivity contribution in [1.29, 1.82) is 0 Å². The van der Waals surface area contributed by atoms with E-state index in [9.17, 15) is 14.4 Å². The van der Waals surface area contributed by atoms with E-state index < -0.39 is 11.9 Å². The van der Waals surface area contributed by atoms with Crippen molar-refractivity contribution in [3.05, 3.63) is 77.7 Å². The number of esters is 2. The Kier molecular flexibility index (Phi) is 24.6. The third-order valence-corrected chi connectivity index (χ3v) is 14.3. The number of hydrogen-bond acceptors (Lipinski definition) is 13. The first-order chi connectivity index (χ1) is 37.4. The zero-order chi connectivity index (χ0) is 54.9. The number of rotatable bonds is 26. The minimum atomic E-state index is -0.470. The van der Waals surface area contributed by atoms with E-state index in [0.717, 1.165) is 52.4 Å². The number of fused-ring (bicyclic) bond motifs is 4. The molecule has 15 nitrogen and oxygen atoms in total. The summed E-state index contributed by atoms with van der Waals surface area (Å²) in [7, 11) is 10.7. The van der Waals surface area contributed by atoms with Crippen LogP contribution in [0.1, 0.15) is 115 Å². The number of aryl methyl sites for hydroxylation is 1. The summed E-state index contributed by atoms with van der Waals surface area (Å²) < 4.78 is 45.2. The molecule has 420 valence electrons. The highest BCUT2D eigenvalue weighted by Crippen LogP contribution is 2.48. The van der Waals surface area contributed by atoms with Gasteiger partial charge in [-0.3, -0.25) is 14.4 Å². The fourth-order valence-corrected chi connectivity index (χ4v) is 9.80. The van der Waals surface area contributed by atoms with Crippen molar-refractivity contribution >= 4 is 45.9 Å². The van der Waals surface area contributed by atoms with E-state index >= 15 is 0 Å². The first-order valence-corrected chi connectivity index (χ1v) is 28.2. The van der Waals surface area contributed by atoms with Crippen molar-refractivity contribution in [3.63, 3.8) is 0 Å². The Labute approximate surface area is 458 Å². The maximum absolute atomic E-state index is 13.7. The van der Waals surface area contributed by atoms with Crippen molar-refractivity contribution in [2.75, 3.05) is 123 Å². The van der Waals surface area contributed by atoms with E-state index in [1.807, 2.05) is 121 Å². The van der Waals surface area contributed by atoms with Crippen LogP contribution in [0.15, 0.2) is 71.1 Å². The highest BCUT2D eigenvalue weighted by molar-refractivity contribution is 6.04. The van der Waals surface area contributed by atoms with Gasteiger partial charge in [-0.05, 0) is 55.3 Å². The van der Waals surface area contributed by atoms with E-state index in [1.54, 1.807) is 0 Å². The van der Waals surface area contributed by atoms with Crippen LogP contribution in [0.25, 0.3) is 33.4 Å². The number of anilines is 3. The van der Waals surface area contributed by atoms with Crippen molar-refractivity contribution in [1.82, 2.24) is 9.89 Å². The Hall–Kier alpha value is -6.48. The zero-order valence-corrected chi connectivity index (χ0v) is 47.6. The molecule has 6 rings (SSSR count). The quantitative estimate of drug-likeness (QED) is 0.0243. The highest BCUT2D eigenvalue weighted by atomic mass is 16.5. The van der Waals surface area contributed by atoms with E-state index in [2.05, 4.69) is 12.2 Å². The fraction of sp³-hybridized carbons (Fsp3) is 0.548. The summed E-state index contributed by atoms with van der Waals surface area (Å²) in [5, 5.41) is 4.89. The van der Waals surface area contributed by atoms with Crippen LogP contribution in [0.3, 0.4) is 0 Å².